The molecule has 0 radical (unpaired) electrons. The van der Waals surface area contributed by atoms with E-state index in [0.29, 0.717) is 11.1 Å². The Morgan fingerprint density at radius 3 is 1.91 bits per heavy atom. The molecule has 2 aromatic rings. The highest BCUT2D eigenvalue weighted by molar-refractivity contribution is 6.43. The summed E-state index contributed by atoms with van der Waals surface area (Å²) in [7, 11) is 1.99. The third-order valence-electron chi connectivity index (χ3n) is 4.58. The monoisotopic (exact) mass is 301 g/mol. The van der Waals surface area contributed by atoms with Crippen molar-refractivity contribution >= 4 is 22.8 Å². The van der Waals surface area contributed by atoms with Gasteiger partial charge >= 0.3 is 0 Å². The predicted molar refractivity (Wildman–Crippen MR) is 90.6 cm³/mol. The molecular weight excluding hydrogens is 286 g/mol. The average Bonchev–Trinajstić information content (AvgIpc) is 2.83. The van der Waals surface area contributed by atoms with Gasteiger partial charge in [-0.2, -0.15) is 0 Å². The molecule has 1 aliphatic heterocycles. The summed E-state index contributed by atoms with van der Waals surface area (Å²) in [6.07, 6.45) is 1.93. The van der Waals surface area contributed by atoms with Gasteiger partial charge in [-0.25, -0.2) is 0 Å². The van der Waals surface area contributed by atoms with Crippen LogP contribution in [0, 0.1) is 0 Å². The molecule has 0 unspecified atom stereocenters. The maximum Gasteiger partial charge on any atom is 0.198 e. The fourth-order valence-electron chi connectivity index (χ4n) is 3.27. The molecule has 23 heavy (non-hydrogen) atoms. The minimum atomic E-state index is -0.177. The quantitative estimate of drug-likeness (QED) is 0.547. The van der Waals surface area contributed by atoms with Crippen molar-refractivity contribution in [2.24, 2.45) is 0 Å². The summed E-state index contributed by atoms with van der Waals surface area (Å²) < 4.78 is 0. The number of rotatable bonds is 0. The van der Waals surface area contributed by atoms with E-state index in [2.05, 4.69) is 4.90 Å². The van der Waals surface area contributed by atoms with Crippen molar-refractivity contribution in [3.8, 4) is 0 Å². The molecule has 2 aromatic carbocycles. The van der Waals surface area contributed by atoms with Crippen molar-refractivity contribution < 1.29 is 9.59 Å². The first-order chi connectivity index (χ1) is 11.1. The second kappa shape index (κ2) is 4.78. The van der Waals surface area contributed by atoms with E-state index in [1.807, 2.05) is 44.3 Å². The van der Waals surface area contributed by atoms with Crippen molar-refractivity contribution in [2.45, 2.75) is 6.92 Å². The lowest BCUT2D eigenvalue weighted by atomic mass is 9.91. The smallest absolute Gasteiger partial charge is 0.198 e. The Bertz CT molecular complexity index is 897. The maximum absolute atomic E-state index is 12.8. The third-order valence-corrected chi connectivity index (χ3v) is 4.58. The molecule has 0 amide bonds. The molecule has 0 fully saturated rings. The lowest BCUT2D eigenvalue weighted by Crippen LogP contribution is -2.20. The van der Waals surface area contributed by atoms with Gasteiger partial charge in [0.15, 0.2) is 11.6 Å². The van der Waals surface area contributed by atoms with Gasteiger partial charge in [0.2, 0.25) is 0 Å². The molecule has 0 bridgehead atoms. The SMILES string of the molecule is CC1=CC(=C2C(=O)c3ccccc3C2=O)c2ccccc2N1C. The van der Waals surface area contributed by atoms with Gasteiger partial charge < -0.3 is 4.90 Å². The highest BCUT2D eigenvalue weighted by atomic mass is 16.2. The molecule has 0 N–H and O–H groups in total. The maximum atomic E-state index is 12.8. The number of para-hydroxylation sites is 1. The molecule has 0 spiro atoms. The van der Waals surface area contributed by atoms with Crippen molar-refractivity contribution in [2.75, 3.05) is 11.9 Å². The van der Waals surface area contributed by atoms with Crippen LogP contribution >= 0.6 is 0 Å². The van der Waals surface area contributed by atoms with Crippen molar-refractivity contribution in [3.63, 3.8) is 0 Å². The summed E-state index contributed by atoms with van der Waals surface area (Å²) in [4.78, 5) is 27.6. The van der Waals surface area contributed by atoms with E-state index in [4.69, 9.17) is 0 Å². The summed E-state index contributed by atoms with van der Waals surface area (Å²) in [5.74, 6) is -0.354. The number of ketones is 2. The van der Waals surface area contributed by atoms with Crippen LogP contribution in [0.25, 0.3) is 5.57 Å². The Morgan fingerprint density at radius 2 is 1.30 bits per heavy atom. The van der Waals surface area contributed by atoms with Crippen molar-refractivity contribution in [1.82, 2.24) is 0 Å². The van der Waals surface area contributed by atoms with Gasteiger partial charge in [-0.05, 0) is 19.1 Å². The topological polar surface area (TPSA) is 37.4 Å². The fraction of sp³-hybridized carbons (Fsp3) is 0.100. The summed E-state index contributed by atoms with van der Waals surface area (Å²) >= 11 is 0. The first-order valence-electron chi connectivity index (χ1n) is 7.53. The van der Waals surface area contributed by atoms with Crippen molar-refractivity contribution in [1.29, 1.82) is 0 Å². The third kappa shape index (κ3) is 1.83. The number of nitrogens with zero attached hydrogens (tertiary/aromatic N) is 1. The van der Waals surface area contributed by atoms with Crippen LogP contribution in [0.4, 0.5) is 5.69 Å². The first kappa shape index (κ1) is 13.7. The molecule has 3 heteroatoms. The van der Waals surface area contributed by atoms with E-state index in [-0.39, 0.29) is 17.1 Å². The molecule has 0 saturated heterocycles. The molecule has 1 aliphatic carbocycles. The summed E-state index contributed by atoms with van der Waals surface area (Å²) in [5.41, 5.74) is 4.94. The second-order valence-corrected chi connectivity index (χ2v) is 5.85. The molecule has 4 rings (SSSR count). The summed E-state index contributed by atoms with van der Waals surface area (Å²) in [6, 6.07) is 14.9. The number of anilines is 1. The van der Waals surface area contributed by atoms with Crippen LogP contribution in [0.3, 0.4) is 0 Å². The molecule has 2 aliphatic rings. The molecule has 3 nitrogen and oxygen atoms in total. The zero-order valence-corrected chi connectivity index (χ0v) is 13.0. The zero-order chi connectivity index (χ0) is 16.1. The van der Waals surface area contributed by atoms with Crippen LogP contribution in [0.2, 0.25) is 0 Å². The van der Waals surface area contributed by atoms with E-state index in [0.717, 1.165) is 22.5 Å². The van der Waals surface area contributed by atoms with Gasteiger partial charge in [0.1, 0.15) is 0 Å². The molecule has 0 saturated carbocycles. The van der Waals surface area contributed by atoms with Gasteiger partial charge in [-0.1, -0.05) is 42.5 Å². The van der Waals surface area contributed by atoms with E-state index >= 15 is 0 Å². The summed E-state index contributed by atoms with van der Waals surface area (Å²) in [5, 5.41) is 0. The van der Waals surface area contributed by atoms with Gasteiger partial charge in [0.05, 0.1) is 5.57 Å². The van der Waals surface area contributed by atoms with E-state index < -0.39 is 0 Å². The fourth-order valence-corrected chi connectivity index (χ4v) is 3.27. The highest BCUT2D eigenvalue weighted by Gasteiger charge is 2.36. The number of carbonyl (C=O) groups is 2. The van der Waals surface area contributed by atoms with E-state index in [1.165, 1.54) is 0 Å². The normalized spacial score (nSPS) is 16.4. The van der Waals surface area contributed by atoms with Crippen LogP contribution in [0.5, 0.6) is 0 Å². The standard InChI is InChI=1S/C20H15NO2/c1-12-11-16(13-7-5-6-10-17(13)21(12)2)18-19(22)14-8-3-4-9-15(14)20(18)23/h3-11H,1-2H3. The first-order valence-corrected chi connectivity index (χ1v) is 7.53. The average molecular weight is 301 g/mol. The molecule has 112 valence electrons. The number of hydrogen-bond donors (Lipinski definition) is 0. The van der Waals surface area contributed by atoms with Crippen LogP contribution < -0.4 is 4.90 Å². The Kier molecular flexibility index (Phi) is 2.85. The molecule has 0 aromatic heterocycles. The second-order valence-electron chi connectivity index (χ2n) is 5.85. The largest absolute Gasteiger partial charge is 0.348 e. The van der Waals surface area contributed by atoms with Crippen LogP contribution in [0.1, 0.15) is 33.2 Å². The summed E-state index contributed by atoms with van der Waals surface area (Å²) in [6.45, 7) is 1.98. The number of Topliss-reactive ketones (excluding diaryl/α,β-unsaturated/α-hetero) is 2. The Balaban J connectivity index is 2.02. The van der Waals surface area contributed by atoms with Crippen LogP contribution in [0.15, 0.2) is 65.9 Å². The van der Waals surface area contributed by atoms with Crippen LogP contribution in [-0.4, -0.2) is 18.6 Å². The van der Waals surface area contributed by atoms with Gasteiger partial charge in [0, 0.05) is 40.7 Å². The van der Waals surface area contributed by atoms with Gasteiger partial charge in [-0.3, -0.25) is 9.59 Å². The number of hydrogen-bond acceptors (Lipinski definition) is 3. The number of allylic oxidation sites excluding steroid dienone is 4. The minimum absolute atomic E-state index is 0.177. The van der Waals surface area contributed by atoms with Gasteiger partial charge in [0.25, 0.3) is 0 Å². The minimum Gasteiger partial charge on any atom is -0.348 e. The lowest BCUT2D eigenvalue weighted by molar-refractivity contribution is 0.0990. The van der Waals surface area contributed by atoms with Crippen LogP contribution in [-0.2, 0) is 0 Å². The highest BCUT2D eigenvalue weighted by Crippen LogP contribution is 2.40. The lowest BCUT2D eigenvalue weighted by Gasteiger charge is -2.29. The Hall–Kier alpha value is -2.94. The number of carbonyl (C=O) groups excluding carboxylic acids is 2. The predicted octanol–water partition coefficient (Wildman–Crippen LogP) is 3.87. The Labute approximate surface area is 134 Å². The van der Waals surface area contributed by atoms with E-state index in [1.54, 1.807) is 24.3 Å². The molecular formula is C20H15NO2. The Morgan fingerprint density at radius 1 is 0.783 bits per heavy atom. The number of fused-ring (bicyclic) bond motifs is 2. The zero-order valence-electron chi connectivity index (χ0n) is 13.0. The van der Waals surface area contributed by atoms with E-state index in [9.17, 15) is 9.59 Å². The molecule has 0 atom stereocenters. The molecule has 1 heterocycles. The number of benzene rings is 2. The van der Waals surface area contributed by atoms with Crippen molar-refractivity contribution in [3.05, 3.63) is 82.6 Å². The van der Waals surface area contributed by atoms with Gasteiger partial charge in [-0.15, -0.1) is 0 Å².